The van der Waals surface area contributed by atoms with Crippen molar-refractivity contribution in [1.29, 1.82) is 0 Å². The van der Waals surface area contributed by atoms with Crippen molar-refractivity contribution in [2.75, 3.05) is 13.3 Å². The maximum absolute atomic E-state index is 10.5. The topological polar surface area (TPSA) is 46.5 Å². The summed E-state index contributed by atoms with van der Waals surface area (Å²) in [7, 11) is -3.26. The van der Waals surface area contributed by atoms with Gasteiger partial charge in [-0.05, 0) is 6.42 Å². The number of allylic oxidation sites excluding steroid dienone is 1. The normalized spacial score (nSPS) is 17.5. The quantitative estimate of drug-likeness (QED) is 0.509. The van der Waals surface area contributed by atoms with Crippen LogP contribution in [0.2, 0.25) is 0 Å². The van der Waals surface area contributed by atoms with E-state index in [0.717, 1.165) is 6.42 Å². The molecule has 0 aliphatic heterocycles. The minimum absolute atomic E-state index is 0.220. The molecule has 3 nitrogen and oxygen atoms in total. The van der Waals surface area contributed by atoms with Crippen molar-refractivity contribution >= 4 is 7.60 Å². The molecule has 0 radical (unpaired) electrons. The summed E-state index contributed by atoms with van der Waals surface area (Å²) in [4.78, 5) is 8.62. The van der Waals surface area contributed by atoms with Crippen LogP contribution in [0, 0.1) is 0 Å². The lowest BCUT2D eigenvalue weighted by molar-refractivity contribution is 0.293. The summed E-state index contributed by atoms with van der Waals surface area (Å²) in [6, 6.07) is 0. The fraction of sp³-hybridized carbons (Fsp3) is 0.667. The molecule has 0 heterocycles. The highest BCUT2D eigenvalue weighted by Crippen LogP contribution is 2.35. The highest BCUT2D eigenvalue weighted by atomic mass is 31.2. The van der Waals surface area contributed by atoms with E-state index in [-0.39, 0.29) is 6.61 Å². The van der Waals surface area contributed by atoms with Crippen LogP contribution in [0.15, 0.2) is 12.2 Å². The summed E-state index contributed by atoms with van der Waals surface area (Å²) in [5.74, 6) is 0. The summed E-state index contributed by atoms with van der Waals surface area (Å²) >= 11 is 0. The Hall–Kier alpha value is -0.110. The molecule has 10 heavy (non-hydrogen) atoms. The van der Waals surface area contributed by atoms with Crippen LogP contribution >= 0.6 is 7.60 Å². The van der Waals surface area contributed by atoms with Gasteiger partial charge in [-0.15, -0.1) is 0 Å². The van der Waals surface area contributed by atoms with E-state index in [1.807, 2.05) is 13.0 Å². The van der Waals surface area contributed by atoms with Crippen LogP contribution in [0.3, 0.4) is 0 Å². The van der Waals surface area contributed by atoms with Gasteiger partial charge in [0.2, 0.25) is 0 Å². The van der Waals surface area contributed by atoms with E-state index >= 15 is 0 Å². The lowest BCUT2D eigenvalue weighted by atomic mass is 10.4. The van der Waals surface area contributed by atoms with E-state index in [2.05, 4.69) is 4.52 Å². The van der Waals surface area contributed by atoms with Gasteiger partial charge in [0.1, 0.15) is 0 Å². The molecule has 0 aliphatic rings. The molecule has 0 aromatic carbocycles. The molecule has 0 rings (SSSR count). The molecule has 0 saturated heterocycles. The Morgan fingerprint density at radius 2 is 2.20 bits per heavy atom. The molecule has 0 aromatic rings. The van der Waals surface area contributed by atoms with E-state index < -0.39 is 7.60 Å². The highest BCUT2D eigenvalue weighted by molar-refractivity contribution is 7.51. The lowest BCUT2D eigenvalue weighted by Crippen LogP contribution is -1.86. The van der Waals surface area contributed by atoms with Crippen LogP contribution in [-0.4, -0.2) is 18.2 Å². The van der Waals surface area contributed by atoms with Crippen LogP contribution in [0.4, 0.5) is 0 Å². The Bertz CT molecular complexity index is 147. The van der Waals surface area contributed by atoms with Crippen LogP contribution in [0.1, 0.15) is 13.3 Å². The zero-order chi connectivity index (χ0) is 8.04. The average Bonchev–Trinajstić information content (AvgIpc) is 1.78. The van der Waals surface area contributed by atoms with Crippen molar-refractivity contribution in [3.05, 3.63) is 12.2 Å². The Kier molecular flexibility index (Phi) is 4.62. The molecule has 1 unspecified atom stereocenters. The van der Waals surface area contributed by atoms with Crippen molar-refractivity contribution in [3.63, 3.8) is 0 Å². The van der Waals surface area contributed by atoms with Crippen molar-refractivity contribution < 1.29 is 14.0 Å². The van der Waals surface area contributed by atoms with Gasteiger partial charge in [-0.1, -0.05) is 19.1 Å². The first-order valence-corrected chi connectivity index (χ1v) is 5.18. The summed E-state index contributed by atoms with van der Waals surface area (Å²) in [5, 5.41) is 0. The summed E-state index contributed by atoms with van der Waals surface area (Å²) < 4.78 is 15.0. The molecule has 0 amide bonds. The zero-order valence-corrected chi connectivity index (χ0v) is 7.17. The van der Waals surface area contributed by atoms with Gasteiger partial charge in [0.05, 0.1) is 6.61 Å². The van der Waals surface area contributed by atoms with Gasteiger partial charge in [-0.3, -0.25) is 4.57 Å². The molecular formula is C6H13O3P. The smallest absolute Gasteiger partial charge is 0.324 e. The third-order valence-corrected chi connectivity index (χ3v) is 1.44. The van der Waals surface area contributed by atoms with Gasteiger partial charge in [-0.25, -0.2) is 0 Å². The van der Waals surface area contributed by atoms with E-state index in [1.54, 1.807) is 6.08 Å². The SMILES string of the molecule is CCC=CCOP(C)(=O)O. The van der Waals surface area contributed by atoms with E-state index in [1.165, 1.54) is 6.66 Å². The molecule has 0 bridgehead atoms. The van der Waals surface area contributed by atoms with Crippen molar-refractivity contribution in [1.82, 2.24) is 0 Å². The van der Waals surface area contributed by atoms with Gasteiger partial charge in [0.15, 0.2) is 0 Å². The summed E-state index contributed by atoms with van der Waals surface area (Å²) in [6.45, 7) is 3.38. The van der Waals surface area contributed by atoms with Crippen LogP contribution in [0.25, 0.3) is 0 Å². The van der Waals surface area contributed by atoms with Crippen molar-refractivity contribution in [2.24, 2.45) is 0 Å². The molecule has 0 aliphatic carbocycles. The average molecular weight is 164 g/mol. The van der Waals surface area contributed by atoms with Crippen molar-refractivity contribution in [3.8, 4) is 0 Å². The van der Waals surface area contributed by atoms with E-state index in [4.69, 9.17) is 4.89 Å². The Morgan fingerprint density at radius 1 is 1.60 bits per heavy atom. The van der Waals surface area contributed by atoms with Crippen molar-refractivity contribution in [2.45, 2.75) is 13.3 Å². The molecular weight excluding hydrogens is 151 g/mol. The van der Waals surface area contributed by atoms with Crippen LogP contribution in [0.5, 0.6) is 0 Å². The Labute approximate surface area is 61.2 Å². The molecule has 60 valence electrons. The maximum atomic E-state index is 10.5. The lowest BCUT2D eigenvalue weighted by Gasteiger charge is -2.02. The summed E-state index contributed by atoms with van der Waals surface area (Å²) in [5.41, 5.74) is 0. The van der Waals surface area contributed by atoms with Crippen LogP contribution < -0.4 is 0 Å². The Morgan fingerprint density at radius 3 is 2.60 bits per heavy atom. The second kappa shape index (κ2) is 4.67. The molecule has 0 spiro atoms. The third kappa shape index (κ3) is 7.89. The van der Waals surface area contributed by atoms with Gasteiger partial charge < -0.3 is 9.42 Å². The molecule has 0 saturated carbocycles. The largest absolute Gasteiger partial charge is 0.325 e. The van der Waals surface area contributed by atoms with Gasteiger partial charge >= 0.3 is 7.60 Å². The Balaban J connectivity index is 3.38. The predicted octanol–water partition coefficient (Wildman–Crippen LogP) is 1.78. The molecule has 1 atom stereocenters. The number of rotatable bonds is 4. The van der Waals surface area contributed by atoms with Gasteiger partial charge in [-0.2, -0.15) is 0 Å². The molecule has 0 aromatic heterocycles. The fourth-order valence-corrected chi connectivity index (χ4v) is 0.779. The molecule has 1 N–H and O–H groups in total. The summed E-state index contributed by atoms with van der Waals surface area (Å²) in [6.07, 6.45) is 4.53. The highest BCUT2D eigenvalue weighted by Gasteiger charge is 2.06. The fourth-order valence-electron chi connectivity index (χ4n) is 0.416. The first-order chi connectivity index (χ1) is 4.56. The van der Waals surface area contributed by atoms with E-state index in [0.29, 0.717) is 0 Å². The van der Waals surface area contributed by atoms with Gasteiger partial charge in [0.25, 0.3) is 0 Å². The predicted molar refractivity (Wildman–Crippen MR) is 41.1 cm³/mol. The minimum atomic E-state index is -3.26. The van der Waals surface area contributed by atoms with E-state index in [9.17, 15) is 4.57 Å². The number of hydrogen-bond acceptors (Lipinski definition) is 2. The first-order valence-electron chi connectivity index (χ1n) is 3.16. The monoisotopic (exact) mass is 164 g/mol. The molecule has 0 fully saturated rings. The second-order valence-electron chi connectivity index (χ2n) is 1.98. The zero-order valence-electron chi connectivity index (χ0n) is 6.28. The minimum Gasteiger partial charge on any atom is -0.324 e. The maximum Gasteiger partial charge on any atom is 0.325 e. The third-order valence-electron chi connectivity index (χ3n) is 0.813. The number of hydrogen-bond donors (Lipinski definition) is 1. The molecule has 4 heteroatoms. The standard InChI is InChI=1S/C6H13O3P/c1-3-4-5-6-9-10(2,7)8/h4-5H,3,6H2,1-2H3,(H,7,8). The second-order valence-corrected chi connectivity index (χ2v) is 3.84. The van der Waals surface area contributed by atoms with Crippen LogP contribution in [-0.2, 0) is 9.09 Å². The van der Waals surface area contributed by atoms with Gasteiger partial charge in [0, 0.05) is 6.66 Å². The first kappa shape index (κ1) is 9.89.